The third kappa shape index (κ3) is 10.0. The Bertz CT molecular complexity index is 2260. The van der Waals surface area contributed by atoms with Gasteiger partial charge in [0.15, 0.2) is 23.5 Å². The molecule has 372 valence electrons. The number of aliphatic hydroxyl groups excluding tert-OH is 1. The number of unbranched alkanes of at least 4 members (excludes halogenated alkanes) is 1. The Morgan fingerprint density at radius 1 is 1.03 bits per heavy atom. The van der Waals surface area contributed by atoms with E-state index in [0.717, 1.165) is 37.0 Å². The van der Waals surface area contributed by atoms with Crippen LogP contribution in [0.2, 0.25) is 0 Å². The molecular formula is C48H64N3O15PS. The Kier molecular flexibility index (Phi) is 14.6. The van der Waals surface area contributed by atoms with Gasteiger partial charge in [-0.25, -0.2) is 4.57 Å². The number of phosphoric acid groups is 1. The largest absolute Gasteiger partial charge is 0.490 e. The molecule has 20 heteroatoms. The van der Waals surface area contributed by atoms with Gasteiger partial charge in [0.05, 0.1) is 30.6 Å². The van der Waals surface area contributed by atoms with E-state index in [-0.39, 0.29) is 78.6 Å². The van der Waals surface area contributed by atoms with Crippen LogP contribution in [0.1, 0.15) is 110 Å². The molecular weight excluding hydrogens is 922 g/mol. The number of Topliss-reactive ketones (excluding diaryl/α,β-unsaturated/α-hetero) is 1. The molecule has 3 amide bonds. The average molecular weight is 986 g/mol. The zero-order valence-electron chi connectivity index (χ0n) is 38.7. The van der Waals surface area contributed by atoms with Crippen LogP contribution in [0, 0.1) is 34.0 Å². The van der Waals surface area contributed by atoms with E-state index in [1.807, 2.05) is 13.0 Å². The summed E-state index contributed by atoms with van der Waals surface area (Å²) in [5.41, 5.74) is -1.66. The monoisotopic (exact) mass is 985 g/mol. The number of nitrogens with one attached hydrogen (secondary N) is 3. The summed E-state index contributed by atoms with van der Waals surface area (Å²) in [6.45, 7) is 4.80. The second-order valence-corrected chi connectivity index (χ2v) is 22.9. The first-order valence-electron chi connectivity index (χ1n) is 23.8. The Labute approximate surface area is 399 Å². The fraction of sp³-hybridized carbons (Fsp3) is 0.667. The zero-order valence-corrected chi connectivity index (χ0v) is 40.4. The Morgan fingerprint density at radius 2 is 1.76 bits per heavy atom. The number of carboxylic acid groups (broad SMARTS) is 1. The number of carbonyl (C=O) groups is 6. The van der Waals surface area contributed by atoms with E-state index in [1.54, 1.807) is 36.4 Å². The van der Waals surface area contributed by atoms with Crippen molar-refractivity contribution >= 4 is 54.8 Å². The minimum atomic E-state index is -5.03. The Balaban J connectivity index is 0.852. The van der Waals surface area contributed by atoms with Gasteiger partial charge >= 0.3 is 13.8 Å². The minimum absolute atomic E-state index is 0.0172. The van der Waals surface area contributed by atoms with Gasteiger partial charge in [0, 0.05) is 34.8 Å². The van der Waals surface area contributed by atoms with E-state index >= 15 is 0 Å². The molecule has 6 fully saturated rings. The number of thioether (sulfide) groups is 1. The fourth-order valence-corrected chi connectivity index (χ4v) is 14.2. The normalized spacial score (nSPS) is 35.9. The number of aliphatic carboxylic acids is 1. The summed E-state index contributed by atoms with van der Waals surface area (Å²) in [5, 5.41) is 29.4. The van der Waals surface area contributed by atoms with Crippen molar-refractivity contribution in [2.24, 2.45) is 34.0 Å². The molecule has 1 aromatic rings. The lowest BCUT2D eigenvalue weighted by molar-refractivity contribution is -0.200. The number of aliphatic hydroxyl groups is 1. The van der Waals surface area contributed by atoms with E-state index in [2.05, 4.69) is 29.8 Å². The molecule has 1 aliphatic heterocycles. The van der Waals surface area contributed by atoms with Crippen molar-refractivity contribution in [3.8, 4) is 5.75 Å². The summed E-state index contributed by atoms with van der Waals surface area (Å²) in [6, 6.07) is 5.93. The van der Waals surface area contributed by atoms with Crippen molar-refractivity contribution in [1.29, 1.82) is 0 Å². The van der Waals surface area contributed by atoms with Crippen LogP contribution < -0.4 is 20.7 Å². The highest BCUT2D eigenvalue weighted by molar-refractivity contribution is 7.99. The number of carboxylic acids is 1. The van der Waals surface area contributed by atoms with E-state index < -0.39 is 79.0 Å². The highest BCUT2D eigenvalue weighted by Gasteiger charge is 2.76. The third-order valence-electron chi connectivity index (χ3n) is 16.1. The SMILES string of the molecule is CCCCSCC(=O)NCC(=O)N[C@@H](CCC(=O)O)C(=O)NC1CC2(C1)CC(Oc1ccc([C@@H]3O[C@@H]4C[C@H]5[C@@H]6CCC7=CC(=O)C=C[C@]7(C)[C@H]6[C@@H](O)C[C@]5(C)[C@]4(C(=O)COP(=O)(O)O)O3)cc1)C2. The summed E-state index contributed by atoms with van der Waals surface area (Å²) < 4.78 is 36.3. The number of carbonyl (C=O) groups excluding carboxylic acids is 5. The predicted molar refractivity (Wildman–Crippen MR) is 246 cm³/mol. The maximum Gasteiger partial charge on any atom is 0.470 e. The number of allylic oxidation sites excluding steroid dienone is 4. The summed E-state index contributed by atoms with van der Waals surface area (Å²) >= 11 is 1.48. The first-order valence-corrected chi connectivity index (χ1v) is 26.5. The summed E-state index contributed by atoms with van der Waals surface area (Å²) in [7, 11) is -5.03. The van der Waals surface area contributed by atoms with Crippen LogP contribution in [0.5, 0.6) is 5.75 Å². The number of hydrogen-bond acceptors (Lipinski definition) is 13. The van der Waals surface area contributed by atoms with E-state index in [0.29, 0.717) is 43.4 Å². The van der Waals surface area contributed by atoms with Crippen molar-refractivity contribution < 1.29 is 72.1 Å². The smallest absolute Gasteiger partial charge is 0.470 e. The van der Waals surface area contributed by atoms with Crippen LogP contribution in [-0.4, -0.2) is 116 Å². The molecule has 10 atom stereocenters. The molecule has 8 rings (SSSR count). The van der Waals surface area contributed by atoms with Gasteiger partial charge in [-0.2, -0.15) is 11.8 Å². The molecule has 1 saturated heterocycles. The van der Waals surface area contributed by atoms with Crippen molar-refractivity contribution in [1.82, 2.24) is 16.0 Å². The first-order chi connectivity index (χ1) is 32.2. The molecule has 1 spiro atoms. The highest BCUT2D eigenvalue weighted by atomic mass is 32.2. The lowest BCUT2D eigenvalue weighted by Crippen LogP contribution is -2.63. The maximum absolute atomic E-state index is 14.4. The number of amides is 3. The van der Waals surface area contributed by atoms with Crippen molar-refractivity contribution in [2.75, 3.05) is 24.7 Å². The zero-order chi connectivity index (χ0) is 48.8. The number of ether oxygens (including phenoxy) is 3. The number of hydrogen-bond donors (Lipinski definition) is 7. The minimum Gasteiger partial charge on any atom is -0.490 e. The van der Waals surface area contributed by atoms with Crippen LogP contribution in [0.15, 0.2) is 48.1 Å². The summed E-state index contributed by atoms with van der Waals surface area (Å²) in [6.07, 6.45) is 8.79. The Morgan fingerprint density at radius 3 is 2.46 bits per heavy atom. The van der Waals surface area contributed by atoms with Crippen molar-refractivity contribution in [2.45, 2.75) is 140 Å². The molecule has 0 aromatic heterocycles. The van der Waals surface area contributed by atoms with Crippen molar-refractivity contribution in [3.05, 3.63) is 53.6 Å². The predicted octanol–water partition coefficient (Wildman–Crippen LogP) is 4.21. The van der Waals surface area contributed by atoms with Crippen LogP contribution in [0.25, 0.3) is 0 Å². The standard InChI is InChI=1S/C48H64N3O15PS/c1-4-5-16-68-26-40(56)49-24-39(55)51-35(12-13-41(57)58)43(59)50-29-19-47(20-29)21-32(22-47)64-31-9-6-27(7-10-31)44-65-38-18-34-33-11-8-28-17-30(52)14-15-45(28,2)42(33)36(53)23-46(34,3)48(38,66-44)37(54)25-63-67(60,61)62/h6-7,9-10,14-15,17,29,32-36,38,42,44,53H,4-5,8,11-13,16,18-26H2,1-3H3,(H,49,56)(H,50,59)(H,51,55)(H,57,58)(H2,60,61,62)/t29?,32?,33-,34-,35-,36-,38+,42+,44+,45-,46-,47?,48+/m0/s1. The van der Waals surface area contributed by atoms with Gasteiger partial charge in [0.25, 0.3) is 0 Å². The molecule has 7 N–H and O–H groups in total. The fourth-order valence-electron chi connectivity index (χ4n) is 13.0. The van der Waals surface area contributed by atoms with E-state index in [9.17, 15) is 53.3 Å². The van der Waals surface area contributed by atoms with Crippen LogP contribution in [-0.2, 0) is 47.3 Å². The van der Waals surface area contributed by atoms with E-state index in [4.69, 9.17) is 18.7 Å². The van der Waals surface area contributed by atoms with Crippen molar-refractivity contribution in [3.63, 3.8) is 0 Å². The number of benzene rings is 1. The molecule has 1 aromatic carbocycles. The Hall–Kier alpha value is -3.94. The second-order valence-electron chi connectivity index (χ2n) is 20.5. The number of ketones is 2. The molecule has 1 heterocycles. The van der Waals surface area contributed by atoms with Gasteiger partial charge in [-0.3, -0.25) is 33.3 Å². The van der Waals surface area contributed by atoms with Gasteiger partial charge < -0.3 is 50.2 Å². The van der Waals surface area contributed by atoms with Crippen LogP contribution in [0.4, 0.5) is 0 Å². The molecule has 18 nitrogen and oxygen atoms in total. The highest BCUT2D eigenvalue weighted by Crippen LogP contribution is 2.70. The molecule has 6 aliphatic carbocycles. The van der Waals surface area contributed by atoms with Gasteiger partial charge in [0.1, 0.15) is 18.4 Å². The summed E-state index contributed by atoms with van der Waals surface area (Å²) in [4.78, 5) is 95.2. The molecule has 5 saturated carbocycles. The molecule has 7 aliphatic rings. The topological polar surface area (TPSA) is 273 Å². The lowest BCUT2D eigenvalue weighted by atomic mass is 9.46. The van der Waals surface area contributed by atoms with Gasteiger partial charge in [-0.1, -0.05) is 51.0 Å². The number of fused-ring (bicyclic) bond motifs is 7. The average Bonchev–Trinajstić information content (AvgIpc) is 3.76. The quantitative estimate of drug-likeness (QED) is 0.0712. The van der Waals surface area contributed by atoms with Crippen LogP contribution >= 0.6 is 19.6 Å². The second kappa shape index (κ2) is 19.7. The molecule has 0 radical (unpaired) electrons. The molecule has 68 heavy (non-hydrogen) atoms. The maximum atomic E-state index is 14.4. The molecule has 0 bridgehead atoms. The first kappa shape index (κ1) is 50.4. The molecule has 0 unspecified atom stereocenters. The van der Waals surface area contributed by atoms with Crippen LogP contribution in [0.3, 0.4) is 0 Å². The summed E-state index contributed by atoms with van der Waals surface area (Å²) in [5.74, 6) is -1.95. The number of phosphoric ester groups is 1. The van der Waals surface area contributed by atoms with Gasteiger partial charge in [-0.05, 0) is 111 Å². The van der Waals surface area contributed by atoms with Gasteiger partial charge in [-0.15, -0.1) is 0 Å². The number of rotatable bonds is 20. The van der Waals surface area contributed by atoms with E-state index in [1.165, 1.54) is 11.8 Å². The lowest BCUT2D eigenvalue weighted by Gasteiger charge is -2.59. The third-order valence-corrected chi connectivity index (χ3v) is 17.6. The van der Waals surface area contributed by atoms with Gasteiger partial charge in [0.2, 0.25) is 17.7 Å².